The first kappa shape index (κ1) is 19.9. The summed E-state index contributed by atoms with van der Waals surface area (Å²) in [6, 6.07) is 0. The summed E-state index contributed by atoms with van der Waals surface area (Å²) in [6.07, 6.45) is 0. The molecule has 0 aromatic heterocycles. The van der Waals surface area contributed by atoms with Gasteiger partial charge in [-0.25, -0.2) is 0 Å². The van der Waals surface area contributed by atoms with E-state index in [9.17, 15) is 0 Å². The highest BCUT2D eigenvalue weighted by Gasteiger charge is 1.79. The molecule has 0 atom stereocenters. The molecule has 0 rings (SSSR count). The van der Waals surface area contributed by atoms with Crippen molar-refractivity contribution in [2.75, 3.05) is 26.4 Å². The third kappa shape index (κ3) is 153. The van der Waals surface area contributed by atoms with Crippen LogP contribution in [0.3, 0.4) is 0 Å². The molecule has 0 saturated carbocycles. The Morgan fingerprint density at radius 2 is 1.07 bits per heavy atom. The molecule has 0 aromatic rings. The van der Waals surface area contributed by atoms with E-state index in [1.807, 2.05) is 27.7 Å². The van der Waals surface area contributed by atoms with Crippen LogP contribution >= 0.6 is 0 Å². The van der Waals surface area contributed by atoms with E-state index in [4.69, 9.17) is 10.2 Å². The smallest absolute Gasteiger partial charge is 0.0698 e. The van der Waals surface area contributed by atoms with E-state index in [0.29, 0.717) is 13.2 Å². The molecular weight excluding hydrogens is 192 g/mol. The standard InChI is InChI=1S/C4H10O3.2C4H8/c5-1-3-7-4-2-6;2*1-4(2)3/h5-6H,1-4H2;2*1H2,2-3H3. The lowest BCUT2D eigenvalue weighted by Crippen LogP contribution is -2.03. The van der Waals surface area contributed by atoms with Crippen molar-refractivity contribution in [1.29, 1.82) is 0 Å². The second-order valence-corrected chi connectivity index (χ2v) is 3.47. The molecule has 0 aliphatic rings. The first-order valence-corrected chi connectivity index (χ1v) is 4.92. The fourth-order valence-corrected chi connectivity index (χ4v) is 0.231. The van der Waals surface area contributed by atoms with Gasteiger partial charge in [-0.3, -0.25) is 0 Å². The Hall–Kier alpha value is -0.640. The summed E-state index contributed by atoms with van der Waals surface area (Å²) >= 11 is 0. The average molecular weight is 218 g/mol. The van der Waals surface area contributed by atoms with Crippen molar-refractivity contribution in [2.24, 2.45) is 0 Å². The van der Waals surface area contributed by atoms with E-state index in [-0.39, 0.29) is 13.2 Å². The Morgan fingerprint density at radius 3 is 1.20 bits per heavy atom. The number of aliphatic hydroxyl groups excluding tert-OH is 2. The van der Waals surface area contributed by atoms with Crippen molar-refractivity contribution in [2.45, 2.75) is 27.7 Å². The van der Waals surface area contributed by atoms with Crippen LogP contribution in [0.2, 0.25) is 0 Å². The maximum Gasteiger partial charge on any atom is 0.0698 e. The van der Waals surface area contributed by atoms with Crippen molar-refractivity contribution in [3.8, 4) is 0 Å². The van der Waals surface area contributed by atoms with Crippen molar-refractivity contribution in [1.82, 2.24) is 0 Å². The maximum atomic E-state index is 8.09. The minimum absolute atomic E-state index is 0.0278. The molecule has 0 radical (unpaired) electrons. The molecule has 92 valence electrons. The molecule has 0 aliphatic carbocycles. The van der Waals surface area contributed by atoms with Crippen LogP contribution < -0.4 is 0 Å². The van der Waals surface area contributed by atoms with Crippen molar-refractivity contribution < 1.29 is 14.9 Å². The molecule has 15 heavy (non-hydrogen) atoms. The van der Waals surface area contributed by atoms with Gasteiger partial charge in [-0.05, 0) is 27.7 Å². The summed E-state index contributed by atoms with van der Waals surface area (Å²) < 4.78 is 4.63. The topological polar surface area (TPSA) is 49.7 Å². The monoisotopic (exact) mass is 218 g/mol. The van der Waals surface area contributed by atoms with Crippen LogP contribution in [-0.2, 0) is 4.74 Å². The summed E-state index contributed by atoms with van der Waals surface area (Å²) in [5.41, 5.74) is 2.33. The van der Waals surface area contributed by atoms with Gasteiger partial charge in [0, 0.05) is 0 Å². The lowest BCUT2D eigenvalue weighted by Gasteiger charge is -1.94. The largest absolute Gasteiger partial charge is 0.394 e. The third-order valence-electron chi connectivity index (χ3n) is 0.471. The molecule has 3 heteroatoms. The molecular formula is C12H26O3. The quantitative estimate of drug-likeness (QED) is 0.561. The van der Waals surface area contributed by atoms with E-state index < -0.39 is 0 Å². The van der Waals surface area contributed by atoms with Gasteiger partial charge in [0.1, 0.15) is 0 Å². The Morgan fingerprint density at radius 1 is 0.867 bits per heavy atom. The SMILES string of the molecule is C=C(C)C.C=C(C)C.OCCOCCO. The van der Waals surface area contributed by atoms with Gasteiger partial charge in [-0.1, -0.05) is 11.1 Å². The summed E-state index contributed by atoms with van der Waals surface area (Å²) in [4.78, 5) is 0. The first-order chi connectivity index (χ1) is 6.88. The van der Waals surface area contributed by atoms with Gasteiger partial charge in [0.2, 0.25) is 0 Å². The van der Waals surface area contributed by atoms with E-state index >= 15 is 0 Å². The van der Waals surface area contributed by atoms with E-state index in [2.05, 4.69) is 17.9 Å². The summed E-state index contributed by atoms with van der Waals surface area (Å²) in [7, 11) is 0. The number of allylic oxidation sites excluding steroid dienone is 2. The van der Waals surface area contributed by atoms with E-state index in [1.165, 1.54) is 11.1 Å². The van der Waals surface area contributed by atoms with Gasteiger partial charge in [0.15, 0.2) is 0 Å². The van der Waals surface area contributed by atoms with Gasteiger partial charge in [-0.15, -0.1) is 13.2 Å². The van der Waals surface area contributed by atoms with Crippen LogP contribution in [0.1, 0.15) is 27.7 Å². The minimum Gasteiger partial charge on any atom is -0.394 e. The second kappa shape index (κ2) is 19.0. The van der Waals surface area contributed by atoms with Gasteiger partial charge >= 0.3 is 0 Å². The predicted octanol–water partition coefficient (Wildman–Crippen LogP) is 2.15. The molecule has 0 unspecified atom stereocenters. The van der Waals surface area contributed by atoms with Crippen LogP contribution in [0.5, 0.6) is 0 Å². The summed E-state index contributed by atoms with van der Waals surface area (Å²) in [5, 5.41) is 16.2. The Labute approximate surface area is 94.1 Å². The van der Waals surface area contributed by atoms with Gasteiger partial charge in [0.25, 0.3) is 0 Å². The highest BCUT2D eigenvalue weighted by Crippen LogP contribution is 1.74. The second-order valence-electron chi connectivity index (χ2n) is 3.47. The first-order valence-electron chi connectivity index (χ1n) is 4.92. The molecule has 0 amide bonds. The van der Waals surface area contributed by atoms with Gasteiger partial charge < -0.3 is 14.9 Å². The number of hydrogen-bond donors (Lipinski definition) is 2. The van der Waals surface area contributed by atoms with Crippen LogP contribution in [0.25, 0.3) is 0 Å². The lowest BCUT2D eigenvalue weighted by atomic mass is 10.4. The van der Waals surface area contributed by atoms with Gasteiger partial charge in [-0.2, -0.15) is 0 Å². The van der Waals surface area contributed by atoms with E-state index in [0.717, 1.165) is 0 Å². The highest BCUT2D eigenvalue weighted by atomic mass is 16.5. The van der Waals surface area contributed by atoms with Crippen LogP contribution in [0.15, 0.2) is 24.3 Å². The van der Waals surface area contributed by atoms with Crippen LogP contribution in [0.4, 0.5) is 0 Å². The third-order valence-corrected chi connectivity index (χ3v) is 0.471. The minimum atomic E-state index is 0.0278. The van der Waals surface area contributed by atoms with E-state index in [1.54, 1.807) is 0 Å². The zero-order valence-electron chi connectivity index (χ0n) is 10.5. The lowest BCUT2D eigenvalue weighted by molar-refractivity contribution is 0.0650. The van der Waals surface area contributed by atoms with Crippen molar-refractivity contribution >= 4 is 0 Å². The summed E-state index contributed by atoms with van der Waals surface area (Å²) in [6.45, 7) is 15.7. The zero-order valence-corrected chi connectivity index (χ0v) is 10.5. The molecule has 0 aromatic carbocycles. The molecule has 0 fully saturated rings. The number of ether oxygens (including phenoxy) is 1. The Kier molecular flexibility index (Phi) is 25.2. The van der Waals surface area contributed by atoms with Gasteiger partial charge in [0.05, 0.1) is 26.4 Å². The van der Waals surface area contributed by atoms with Crippen molar-refractivity contribution in [3.63, 3.8) is 0 Å². The molecule has 0 saturated heterocycles. The molecule has 0 aliphatic heterocycles. The number of aliphatic hydroxyl groups is 2. The fourth-order valence-electron chi connectivity index (χ4n) is 0.231. The number of hydrogen-bond acceptors (Lipinski definition) is 3. The normalized spacial score (nSPS) is 7.87. The molecule has 2 N–H and O–H groups in total. The van der Waals surface area contributed by atoms with Crippen LogP contribution in [-0.4, -0.2) is 36.6 Å². The average Bonchev–Trinajstić information content (AvgIpc) is 2.03. The maximum absolute atomic E-state index is 8.09. The predicted molar refractivity (Wildman–Crippen MR) is 66.0 cm³/mol. The zero-order chi connectivity index (χ0) is 12.7. The van der Waals surface area contributed by atoms with Crippen LogP contribution in [0, 0.1) is 0 Å². The number of rotatable bonds is 4. The fraction of sp³-hybridized carbons (Fsp3) is 0.667. The Balaban J connectivity index is -0.000000155. The summed E-state index contributed by atoms with van der Waals surface area (Å²) in [5.74, 6) is 0. The molecule has 0 heterocycles. The molecule has 3 nitrogen and oxygen atoms in total. The Bertz CT molecular complexity index is 118. The van der Waals surface area contributed by atoms with Crippen molar-refractivity contribution in [3.05, 3.63) is 24.3 Å². The molecule has 0 spiro atoms. The highest BCUT2D eigenvalue weighted by molar-refractivity contribution is 4.79. The molecule has 0 bridgehead atoms.